The number of carbonyl (C=O) groups excluding carboxylic acids is 2. The molecule has 2 N–H and O–H groups in total. The monoisotopic (exact) mass is 330 g/mol. The molecule has 2 rings (SSSR count). The average Bonchev–Trinajstić information content (AvgIpc) is 2.61. The van der Waals surface area contributed by atoms with Crippen LogP contribution in [0.15, 0.2) is 29.8 Å². The van der Waals surface area contributed by atoms with Gasteiger partial charge in [-0.25, -0.2) is 0 Å². The number of allylic oxidation sites excluding steroid dienone is 1. The summed E-state index contributed by atoms with van der Waals surface area (Å²) in [6, 6.07) is 6.72. The van der Waals surface area contributed by atoms with Crippen molar-refractivity contribution < 1.29 is 19.8 Å². The fraction of sp³-hybridized carbons (Fsp3) is 0.500. The summed E-state index contributed by atoms with van der Waals surface area (Å²) < 4.78 is 0. The SMILES string of the molecule is O=C1C(=O)c2ccccc2C(O)=C1CCCCCCCCCCO. The van der Waals surface area contributed by atoms with Crippen LogP contribution in [0.2, 0.25) is 0 Å². The minimum absolute atomic E-state index is 0.0285. The first kappa shape index (κ1) is 18.4. The van der Waals surface area contributed by atoms with Gasteiger partial charge in [0.1, 0.15) is 5.76 Å². The minimum Gasteiger partial charge on any atom is -0.507 e. The Bertz CT molecular complexity index is 616. The van der Waals surface area contributed by atoms with E-state index < -0.39 is 11.6 Å². The second-order valence-corrected chi connectivity index (χ2v) is 6.33. The highest BCUT2D eigenvalue weighted by atomic mass is 16.3. The van der Waals surface area contributed by atoms with Crippen LogP contribution >= 0.6 is 0 Å². The minimum atomic E-state index is -0.560. The Kier molecular flexibility index (Phi) is 7.19. The third-order valence-corrected chi connectivity index (χ3v) is 4.53. The Morgan fingerprint density at radius 3 is 1.88 bits per heavy atom. The molecule has 1 aromatic rings. The molecule has 0 unspecified atom stereocenters. The molecule has 0 radical (unpaired) electrons. The van der Waals surface area contributed by atoms with Crippen molar-refractivity contribution in [2.45, 2.75) is 57.8 Å². The lowest BCUT2D eigenvalue weighted by molar-refractivity contribution is -0.112. The number of hydrogen-bond donors (Lipinski definition) is 2. The summed E-state index contributed by atoms with van der Waals surface area (Å²) in [4.78, 5) is 24.3. The second kappa shape index (κ2) is 9.38. The lowest BCUT2D eigenvalue weighted by atomic mass is 9.86. The van der Waals surface area contributed by atoms with Crippen LogP contribution in [0, 0.1) is 0 Å². The van der Waals surface area contributed by atoms with E-state index in [9.17, 15) is 14.7 Å². The third-order valence-electron chi connectivity index (χ3n) is 4.53. The van der Waals surface area contributed by atoms with Crippen LogP contribution in [-0.2, 0) is 4.79 Å². The number of benzene rings is 1. The van der Waals surface area contributed by atoms with Crippen molar-refractivity contribution in [3.8, 4) is 0 Å². The van der Waals surface area contributed by atoms with Gasteiger partial charge in [0, 0.05) is 23.3 Å². The maximum atomic E-state index is 12.2. The van der Waals surface area contributed by atoms with E-state index in [1.54, 1.807) is 24.3 Å². The summed E-state index contributed by atoms with van der Waals surface area (Å²) in [5, 5.41) is 19.0. The van der Waals surface area contributed by atoms with Crippen LogP contribution in [0.4, 0.5) is 0 Å². The summed E-state index contributed by atoms with van der Waals surface area (Å²) >= 11 is 0. The molecule has 0 bridgehead atoms. The van der Waals surface area contributed by atoms with Crippen molar-refractivity contribution in [1.29, 1.82) is 0 Å². The van der Waals surface area contributed by atoms with Gasteiger partial charge in [0.15, 0.2) is 0 Å². The van der Waals surface area contributed by atoms with Gasteiger partial charge in [-0.15, -0.1) is 0 Å². The molecule has 4 heteroatoms. The van der Waals surface area contributed by atoms with Crippen LogP contribution < -0.4 is 0 Å². The lowest BCUT2D eigenvalue weighted by Gasteiger charge is -2.17. The number of ketones is 2. The number of fused-ring (bicyclic) bond motifs is 1. The molecule has 0 heterocycles. The van der Waals surface area contributed by atoms with E-state index in [2.05, 4.69) is 0 Å². The molecule has 0 fully saturated rings. The van der Waals surface area contributed by atoms with Gasteiger partial charge >= 0.3 is 0 Å². The predicted molar refractivity (Wildman–Crippen MR) is 94.0 cm³/mol. The Balaban J connectivity index is 1.80. The van der Waals surface area contributed by atoms with Gasteiger partial charge in [0.05, 0.1) is 0 Å². The van der Waals surface area contributed by atoms with Crippen LogP contribution in [-0.4, -0.2) is 28.4 Å². The van der Waals surface area contributed by atoms with Crippen molar-refractivity contribution >= 4 is 17.3 Å². The maximum absolute atomic E-state index is 12.2. The highest BCUT2D eigenvalue weighted by molar-refractivity contribution is 6.52. The quantitative estimate of drug-likeness (QED) is 0.497. The molecule has 0 aliphatic heterocycles. The number of hydrogen-bond acceptors (Lipinski definition) is 4. The first-order chi connectivity index (χ1) is 11.7. The summed E-state index contributed by atoms with van der Waals surface area (Å²) in [5.41, 5.74) is 1.04. The van der Waals surface area contributed by atoms with Crippen molar-refractivity contribution in [2.75, 3.05) is 6.61 Å². The smallest absolute Gasteiger partial charge is 0.234 e. The first-order valence-corrected chi connectivity index (χ1v) is 8.88. The van der Waals surface area contributed by atoms with Gasteiger partial charge in [-0.05, 0) is 19.3 Å². The standard InChI is InChI=1S/C20H26O4/c21-14-10-6-4-2-1-3-5-7-13-17-18(22)15-11-8-9-12-16(15)19(23)20(17)24/h8-9,11-12,21-22H,1-7,10,13-14H2. The Hall–Kier alpha value is -1.94. The topological polar surface area (TPSA) is 74.6 Å². The van der Waals surface area contributed by atoms with E-state index in [-0.39, 0.29) is 17.9 Å². The van der Waals surface area contributed by atoms with Crippen LogP contribution in [0.5, 0.6) is 0 Å². The van der Waals surface area contributed by atoms with Crippen molar-refractivity contribution in [3.63, 3.8) is 0 Å². The molecular weight excluding hydrogens is 304 g/mol. The maximum Gasteiger partial charge on any atom is 0.234 e. The fourth-order valence-electron chi connectivity index (χ4n) is 3.12. The van der Waals surface area contributed by atoms with Gasteiger partial charge in [-0.1, -0.05) is 62.8 Å². The molecule has 24 heavy (non-hydrogen) atoms. The number of aliphatic hydroxyl groups is 2. The van der Waals surface area contributed by atoms with E-state index in [0.717, 1.165) is 44.9 Å². The third kappa shape index (κ3) is 4.54. The lowest BCUT2D eigenvalue weighted by Crippen LogP contribution is -2.24. The normalized spacial score (nSPS) is 14.2. The summed E-state index contributed by atoms with van der Waals surface area (Å²) in [6.45, 7) is 0.272. The highest BCUT2D eigenvalue weighted by Crippen LogP contribution is 2.30. The van der Waals surface area contributed by atoms with Crippen molar-refractivity contribution in [1.82, 2.24) is 0 Å². The molecule has 1 aromatic carbocycles. The zero-order chi connectivity index (χ0) is 17.4. The average molecular weight is 330 g/mol. The molecule has 0 amide bonds. The molecule has 0 atom stereocenters. The summed E-state index contributed by atoms with van der Waals surface area (Å²) in [6.07, 6.45) is 8.75. The second-order valence-electron chi connectivity index (χ2n) is 6.33. The van der Waals surface area contributed by atoms with E-state index in [0.29, 0.717) is 17.5 Å². The first-order valence-electron chi connectivity index (χ1n) is 8.88. The molecule has 0 saturated carbocycles. The molecule has 130 valence electrons. The van der Waals surface area contributed by atoms with Gasteiger partial charge in [0.2, 0.25) is 11.6 Å². The zero-order valence-corrected chi connectivity index (χ0v) is 14.1. The van der Waals surface area contributed by atoms with Gasteiger partial charge in [-0.3, -0.25) is 9.59 Å². The molecular formula is C20H26O4. The van der Waals surface area contributed by atoms with Gasteiger partial charge in [0.25, 0.3) is 0 Å². The van der Waals surface area contributed by atoms with E-state index >= 15 is 0 Å². The molecule has 0 aromatic heterocycles. The summed E-state index contributed by atoms with van der Waals surface area (Å²) in [5.74, 6) is -1.10. The molecule has 1 aliphatic carbocycles. The number of carbonyl (C=O) groups is 2. The largest absolute Gasteiger partial charge is 0.507 e. The molecule has 0 spiro atoms. The summed E-state index contributed by atoms with van der Waals surface area (Å²) in [7, 11) is 0. The van der Waals surface area contributed by atoms with Crippen molar-refractivity contribution in [3.05, 3.63) is 41.0 Å². The predicted octanol–water partition coefficient (Wildman–Crippen LogP) is 4.22. The Morgan fingerprint density at radius 1 is 0.708 bits per heavy atom. The highest BCUT2D eigenvalue weighted by Gasteiger charge is 2.31. The number of Topliss-reactive ketones (excluding diaryl/α,β-unsaturated/α-hetero) is 2. The van der Waals surface area contributed by atoms with Gasteiger partial charge < -0.3 is 10.2 Å². The Labute approximate surface area is 143 Å². The number of aliphatic hydroxyl groups excluding tert-OH is 2. The molecule has 4 nitrogen and oxygen atoms in total. The van der Waals surface area contributed by atoms with Crippen LogP contribution in [0.25, 0.3) is 5.76 Å². The van der Waals surface area contributed by atoms with E-state index in [1.165, 1.54) is 6.42 Å². The number of unbranched alkanes of at least 4 members (excludes halogenated alkanes) is 7. The molecule has 1 aliphatic rings. The van der Waals surface area contributed by atoms with Crippen molar-refractivity contribution in [2.24, 2.45) is 0 Å². The van der Waals surface area contributed by atoms with E-state index in [1.807, 2.05) is 0 Å². The van der Waals surface area contributed by atoms with Crippen LogP contribution in [0.1, 0.15) is 73.7 Å². The fourth-order valence-corrected chi connectivity index (χ4v) is 3.12. The Morgan fingerprint density at radius 2 is 1.25 bits per heavy atom. The van der Waals surface area contributed by atoms with Gasteiger partial charge in [-0.2, -0.15) is 0 Å². The van der Waals surface area contributed by atoms with Crippen LogP contribution in [0.3, 0.4) is 0 Å². The number of rotatable bonds is 10. The molecule has 0 saturated heterocycles. The zero-order valence-electron chi connectivity index (χ0n) is 14.1. The van der Waals surface area contributed by atoms with E-state index in [4.69, 9.17) is 5.11 Å².